The van der Waals surface area contributed by atoms with Crippen molar-refractivity contribution in [2.45, 2.75) is 13.5 Å². The monoisotopic (exact) mass is 363 g/mol. The van der Waals surface area contributed by atoms with E-state index >= 15 is 0 Å². The van der Waals surface area contributed by atoms with Crippen LogP contribution in [0, 0.1) is 6.92 Å². The SMILES string of the molecule is Cc1c(CN(C)C(=O)/C=C/c2cnc3c(c2)OCCN3)oc2ccccc12. The van der Waals surface area contributed by atoms with Crippen molar-refractivity contribution in [1.29, 1.82) is 0 Å². The van der Waals surface area contributed by atoms with Crippen LogP contribution in [0.15, 0.2) is 47.0 Å². The lowest BCUT2D eigenvalue weighted by atomic mass is 10.1. The van der Waals surface area contributed by atoms with E-state index < -0.39 is 0 Å². The molecule has 3 aromatic rings. The summed E-state index contributed by atoms with van der Waals surface area (Å²) in [5, 5.41) is 4.25. The zero-order valence-electron chi connectivity index (χ0n) is 15.4. The van der Waals surface area contributed by atoms with Crippen molar-refractivity contribution < 1.29 is 13.9 Å². The molecule has 6 heteroatoms. The zero-order valence-corrected chi connectivity index (χ0v) is 15.4. The van der Waals surface area contributed by atoms with Crippen LogP contribution in [0.5, 0.6) is 5.75 Å². The number of furan rings is 1. The molecule has 1 amide bonds. The number of pyridine rings is 1. The van der Waals surface area contributed by atoms with Crippen LogP contribution < -0.4 is 10.1 Å². The molecule has 0 saturated carbocycles. The van der Waals surface area contributed by atoms with Crippen molar-refractivity contribution in [3.63, 3.8) is 0 Å². The number of likely N-dealkylation sites (N-methyl/N-ethyl adjacent to an activating group) is 1. The summed E-state index contributed by atoms with van der Waals surface area (Å²) >= 11 is 0. The highest BCUT2D eigenvalue weighted by molar-refractivity contribution is 5.91. The lowest BCUT2D eigenvalue weighted by Gasteiger charge is -2.18. The van der Waals surface area contributed by atoms with Crippen LogP contribution in [0.1, 0.15) is 16.9 Å². The number of amides is 1. The lowest BCUT2D eigenvalue weighted by molar-refractivity contribution is -0.125. The Kier molecular flexibility index (Phi) is 4.54. The molecular weight excluding hydrogens is 342 g/mol. The third-order valence-corrected chi connectivity index (χ3v) is 4.64. The number of hydrogen-bond acceptors (Lipinski definition) is 5. The minimum atomic E-state index is -0.105. The van der Waals surface area contributed by atoms with Gasteiger partial charge >= 0.3 is 0 Å². The van der Waals surface area contributed by atoms with E-state index in [2.05, 4.69) is 10.3 Å². The van der Waals surface area contributed by atoms with E-state index in [9.17, 15) is 4.79 Å². The van der Waals surface area contributed by atoms with Gasteiger partial charge in [0.05, 0.1) is 13.1 Å². The average molecular weight is 363 g/mol. The predicted molar refractivity (Wildman–Crippen MR) is 105 cm³/mol. The van der Waals surface area contributed by atoms with Gasteiger partial charge in [-0.15, -0.1) is 0 Å². The first-order valence-electron chi connectivity index (χ1n) is 8.89. The smallest absolute Gasteiger partial charge is 0.246 e. The van der Waals surface area contributed by atoms with Crippen molar-refractivity contribution in [2.24, 2.45) is 0 Å². The number of benzene rings is 1. The molecule has 3 heterocycles. The number of carbonyl (C=O) groups excluding carboxylic acids is 1. The van der Waals surface area contributed by atoms with Crippen molar-refractivity contribution in [3.05, 3.63) is 59.5 Å². The second-order valence-corrected chi connectivity index (χ2v) is 6.56. The third kappa shape index (κ3) is 3.51. The second kappa shape index (κ2) is 7.15. The standard InChI is InChI=1S/C21H21N3O3/c1-14-16-5-3-4-6-17(16)27-19(14)13-24(2)20(25)8-7-15-11-18-21(23-12-15)22-9-10-26-18/h3-8,11-12H,9-10,13H2,1-2H3,(H,22,23)/b8-7+. The molecule has 0 fully saturated rings. The third-order valence-electron chi connectivity index (χ3n) is 4.64. The Labute approximate surface area is 157 Å². The molecular formula is C21H21N3O3. The Morgan fingerprint density at radius 1 is 1.37 bits per heavy atom. The maximum atomic E-state index is 12.5. The highest BCUT2D eigenvalue weighted by atomic mass is 16.5. The van der Waals surface area contributed by atoms with Crippen molar-refractivity contribution >= 4 is 28.8 Å². The zero-order chi connectivity index (χ0) is 18.8. The molecule has 0 bridgehead atoms. The van der Waals surface area contributed by atoms with E-state index in [1.54, 1.807) is 24.2 Å². The topological polar surface area (TPSA) is 67.6 Å². The van der Waals surface area contributed by atoms with Crippen molar-refractivity contribution in [1.82, 2.24) is 9.88 Å². The number of nitrogens with zero attached hydrogens (tertiary/aromatic N) is 2. The van der Waals surface area contributed by atoms with Crippen LogP contribution >= 0.6 is 0 Å². The minimum Gasteiger partial charge on any atom is -0.488 e. The minimum absolute atomic E-state index is 0.105. The molecule has 1 aliphatic rings. The van der Waals surface area contributed by atoms with Gasteiger partial charge in [0, 0.05) is 30.3 Å². The summed E-state index contributed by atoms with van der Waals surface area (Å²) in [7, 11) is 1.76. The Morgan fingerprint density at radius 3 is 3.07 bits per heavy atom. The van der Waals surface area contributed by atoms with Gasteiger partial charge in [-0.05, 0) is 30.7 Å². The fourth-order valence-electron chi connectivity index (χ4n) is 3.09. The number of para-hydroxylation sites is 1. The van der Waals surface area contributed by atoms with E-state index in [0.717, 1.165) is 40.2 Å². The van der Waals surface area contributed by atoms with Gasteiger partial charge in [-0.3, -0.25) is 4.79 Å². The molecule has 0 aliphatic carbocycles. The molecule has 0 unspecified atom stereocenters. The summed E-state index contributed by atoms with van der Waals surface area (Å²) in [4.78, 5) is 18.4. The summed E-state index contributed by atoms with van der Waals surface area (Å²) in [5.74, 6) is 2.14. The molecule has 1 aliphatic heterocycles. The lowest BCUT2D eigenvalue weighted by Crippen LogP contribution is -2.24. The maximum Gasteiger partial charge on any atom is 0.246 e. The number of anilines is 1. The fourth-order valence-corrected chi connectivity index (χ4v) is 3.09. The summed E-state index contributed by atoms with van der Waals surface area (Å²) in [6.07, 6.45) is 5.00. The molecule has 4 rings (SSSR count). The Hall–Kier alpha value is -3.28. The van der Waals surface area contributed by atoms with Crippen LogP contribution in [-0.2, 0) is 11.3 Å². The van der Waals surface area contributed by atoms with Crippen LogP contribution in [-0.4, -0.2) is 36.0 Å². The van der Waals surface area contributed by atoms with E-state index in [-0.39, 0.29) is 5.91 Å². The Bertz CT molecular complexity index is 1020. The van der Waals surface area contributed by atoms with Gasteiger partial charge in [0.25, 0.3) is 0 Å². The number of rotatable bonds is 4. The first-order valence-corrected chi connectivity index (χ1v) is 8.89. The van der Waals surface area contributed by atoms with Gasteiger partial charge in [0.15, 0.2) is 11.6 Å². The molecule has 0 atom stereocenters. The van der Waals surface area contributed by atoms with Gasteiger partial charge in [0.1, 0.15) is 18.0 Å². The fraction of sp³-hybridized carbons (Fsp3) is 0.238. The summed E-state index contributed by atoms with van der Waals surface area (Å²) in [5.41, 5.74) is 2.73. The van der Waals surface area contributed by atoms with E-state index in [1.165, 1.54) is 6.08 Å². The van der Waals surface area contributed by atoms with Crippen LogP contribution in [0.3, 0.4) is 0 Å². The van der Waals surface area contributed by atoms with Gasteiger partial charge < -0.3 is 19.4 Å². The average Bonchev–Trinajstić information content (AvgIpc) is 3.01. The van der Waals surface area contributed by atoms with Crippen molar-refractivity contribution in [2.75, 3.05) is 25.5 Å². The predicted octanol–water partition coefficient (Wildman–Crippen LogP) is 3.61. The summed E-state index contributed by atoms with van der Waals surface area (Å²) in [6.45, 7) is 3.79. The van der Waals surface area contributed by atoms with Gasteiger partial charge in [0.2, 0.25) is 5.91 Å². The summed E-state index contributed by atoms with van der Waals surface area (Å²) < 4.78 is 11.5. The van der Waals surface area contributed by atoms with E-state index in [1.807, 2.05) is 37.3 Å². The number of aryl methyl sites for hydroxylation is 1. The second-order valence-electron chi connectivity index (χ2n) is 6.56. The summed E-state index contributed by atoms with van der Waals surface area (Å²) in [6, 6.07) is 9.77. The van der Waals surface area contributed by atoms with Crippen molar-refractivity contribution in [3.8, 4) is 5.75 Å². The van der Waals surface area contributed by atoms with Gasteiger partial charge in [-0.1, -0.05) is 18.2 Å². The van der Waals surface area contributed by atoms with Crippen LogP contribution in [0.4, 0.5) is 5.82 Å². The Morgan fingerprint density at radius 2 is 2.22 bits per heavy atom. The molecule has 0 spiro atoms. The van der Waals surface area contributed by atoms with Gasteiger partial charge in [-0.25, -0.2) is 4.98 Å². The quantitative estimate of drug-likeness (QED) is 0.717. The number of ether oxygens (including phenoxy) is 1. The molecule has 2 aromatic heterocycles. The molecule has 1 N–H and O–H groups in total. The number of hydrogen-bond donors (Lipinski definition) is 1. The number of carbonyl (C=O) groups is 1. The number of fused-ring (bicyclic) bond motifs is 2. The van der Waals surface area contributed by atoms with Crippen LogP contribution in [0.2, 0.25) is 0 Å². The maximum absolute atomic E-state index is 12.5. The molecule has 0 saturated heterocycles. The highest BCUT2D eigenvalue weighted by Crippen LogP contribution is 2.27. The molecule has 0 radical (unpaired) electrons. The highest BCUT2D eigenvalue weighted by Gasteiger charge is 2.14. The van der Waals surface area contributed by atoms with Gasteiger partial charge in [-0.2, -0.15) is 0 Å². The first-order chi connectivity index (χ1) is 13.1. The van der Waals surface area contributed by atoms with Crippen LogP contribution in [0.25, 0.3) is 17.0 Å². The molecule has 1 aromatic carbocycles. The number of aromatic nitrogens is 1. The molecule has 6 nitrogen and oxygen atoms in total. The van der Waals surface area contributed by atoms with E-state index in [0.29, 0.717) is 18.9 Å². The molecule has 138 valence electrons. The largest absolute Gasteiger partial charge is 0.488 e. The number of nitrogens with one attached hydrogen (secondary N) is 1. The first kappa shape index (κ1) is 17.1. The van der Waals surface area contributed by atoms with E-state index in [4.69, 9.17) is 9.15 Å². The Balaban J connectivity index is 1.45. The normalized spacial score (nSPS) is 13.3. The molecule has 27 heavy (non-hydrogen) atoms.